The van der Waals surface area contributed by atoms with E-state index in [1.807, 2.05) is 0 Å². The maximum Gasteiger partial charge on any atom is 0.362 e. The zero-order valence-electron chi connectivity index (χ0n) is 16.8. The molecule has 33 heavy (non-hydrogen) atoms. The van der Waals surface area contributed by atoms with E-state index < -0.39 is 34.7 Å². The fourth-order valence-corrected chi connectivity index (χ4v) is 4.57. The Morgan fingerprint density at radius 2 is 2.15 bits per heavy atom. The van der Waals surface area contributed by atoms with Crippen LogP contribution in [0.1, 0.15) is 16.1 Å². The Kier molecular flexibility index (Phi) is 7.59. The van der Waals surface area contributed by atoms with Crippen LogP contribution in [0.2, 0.25) is 0 Å². The number of carbonyl (C=O) groups is 2. The van der Waals surface area contributed by atoms with Gasteiger partial charge in [-0.15, -0.1) is 22.7 Å². The van der Waals surface area contributed by atoms with Crippen molar-refractivity contribution < 1.29 is 32.1 Å². The number of amides is 2. The lowest BCUT2D eigenvalue weighted by atomic mass is 10.1. The average Bonchev–Trinajstić information content (AvgIpc) is 3.38. The van der Waals surface area contributed by atoms with Crippen molar-refractivity contribution in [3.63, 3.8) is 0 Å². The molecule has 2 amide bonds. The van der Waals surface area contributed by atoms with E-state index in [9.17, 15) is 18.0 Å². The number of ether oxygens (including phenoxy) is 1. The van der Waals surface area contributed by atoms with Gasteiger partial charge < -0.3 is 26.4 Å². The van der Waals surface area contributed by atoms with Gasteiger partial charge in [0.25, 0.3) is 11.8 Å². The highest BCUT2D eigenvalue weighted by Crippen LogP contribution is 2.17. The van der Waals surface area contributed by atoms with Crippen molar-refractivity contribution in [1.29, 1.82) is 5.41 Å². The number of hydrogen-bond acceptors (Lipinski definition) is 12. The molecular weight excluding hydrogens is 498 g/mol. The maximum absolute atomic E-state index is 12.6. The summed E-state index contributed by atoms with van der Waals surface area (Å²) in [6, 6.07) is 0.584. The Morgan fingerprint density at radius 3 is 2.73 bits per heavy atom. The van der Waals surface area contributed by atoms with E-state index in [1.54, 1.807) is 11.4 Å². The number of nitrogens with zero attached hydrogens (tertiary/aromatic N) is 3. The van der Waals surface area contributed by atoms with Gasteiger partial charge in [-0.1, -0.05) is 5.16 Å². The normalized spacial score (nSPS) is 16.4. The number of β-lactam (4-membered cyclic amide) rings is 1. The lowest BCUT2D eigenvalue weighted by Crippen LogP contribution is -2.65. The van der Waals surface area contributed by atoms with Crippen molar-refractivity contribution >= 4 is 61.5 Å². The van der Waals surface area contributed by atoms with Gasteiger partial charge in [-0.2, -0.15) is 8.42 Å². The molecule has 17 heteroatoms. The van der Waals surface area contributed by atoms with E-state index in [2.05, 4.69) is 15.5 Å². The molecule has 2 aromatic heterocycles. The molecule has 1 fully saturated rings. The van der Waals surface area contributed by atoms with E-state index >= 15 is 0 Å². The van der Waals surface area contributed by atoms with Crippen LogP contribution in [-0.2, 0) is 36.1 Å². The monoisotopic (exact) mass is 517 g/mol. The standard InChI is InChI=1S/C16H19N7O7S3/c17-13(18)8-3-9(31-6-8)5-29-1-2-30-22-12(11-7-32-16(19)21-11)14(24)20-10-4-23(15(10)25)33(26,27)28/h3,6-7,10H,1-2,4-5H2,(H3,17,18)(H2,19,21)(H,20,24)(H,26,27,28)/b22-12-/t10-/m0/s1. The number of nitrogen functional groups attached to an aromatic ring is 2. The molecule has 1 atom stereocenters. The number of thiazole rings is 1. The molecule has 2 aromatic rings. The molecular formula is C16H19N7O7S3. The van der Waals surface area contributed by atoms with E-state index in [-0.39, 0.29) is 46.5 Å². The van der Waals surface area contributed by atoms with E-state index in [4.69, 9.17) is 31.0 Å². The first-order chi connectivity index (χ1) is 15.6. The van der Waals surface area contributed by atoms with Crippen LogP contribution >= 0.6 is 22.7 Å². The summed E-state index contributed by atoms with van der Waals surface area (Å²) in [4.78, 5) is 34.4. The highest BCUT2D eigenvalue weighted by Gasteiger charge is 2.45. The maximum atomic E-state index is 12.6. The molecule has 0 spiro atoms. The summed E-state index contributed by atoms with van der Waals surface area (Å²) in [6.07, 6.45) is 0. The smallest absolute Gasteiger partial charge is 0.362 e. The van der Waals surface area contributed by atoms with Crippen molar-refractivity contribution in [3.05, 3.63) is 33.0 Å². The van der Waals surface area contributed by atoms with Gasteiger partial charge >= 0.3 is 10.3 Å². The number of rotatable bonds is 11. The second-order valence-corrected chi connectivity index (χ2v) is 9.71. The van der Waals surface area contributed by atoms with Crippen molar-refractivity contribution in [3.8, 4) is 0 Å². The molecule has 0 radical (unpaired) electrons. The van der Waals surface area contributed by atoms with E-state index in [0.717, 1.165) is 16.2 Å². The topological polar surface area (TPSA) is 223 Å². The minimum atomic E-state index is -4.68. The summed E-state index contributed by atoms with van der Waals surface area (Å²) in [6.45, 7) is -0.0245. The highest BCUT2D eigenvalue weighted by atomic mass is 32.2. The van der Waals surface area contributed by atoms with Crippen LogP contribution in [0.3, 0.4) is 0 Å². The first-order valence-corrected chi connectivity index (χ1v) is 12.2. The number of nitrogens with two attached hydrogens (primary N) is 2. The summed E-state index contributed by atoms with van der Waals surface area (Å²) < 4.78 is 36.6. The second-order valence-electron chi connectivity index (χ2n) is 6.49. The van der Waals surface area contributed by atoms with Gasteiger partial charge in [-0.25, -0.2) is 9.29 Å². The molecule has 1 saturated heterocycles. The average molecular weight is 518 g/mol. The van der Waals surface area contributed by atoms with Crippen molar-refractivity contribution in [2.45, 2.75) is 12.6 Å². The van der Waals surface area contributed by atoms with Crippen LogP contribution in [-0.4, -0.2) is 71.4 Å². The van der Waals surface area contributed by atoms with Gasteiger partial charge in [0, 0.05) is 21.2 Å². The molecule has 0 aromatic carbocycles. The van der Waals surface area contributed by atoms with Crippen molar-refractivity contribution in [2.24, 2.45) is 10.9 Å². The molecule has 3 heterocycles. The fraction of sp³-hybridized carbons (Fsp3) is 0.312. The number of nitrogens with one attached hydrogen (secondary N) is 2. The van der Waals surface area contributed by atoms with E-state index in [1.165, 1.54) is 16.7 Å². The summed E-state index contributed by atoms with van der Waals surface area (Å²) in [5.74, 6) is -1.86. The van der Waals surface area contributed by atoms with Crippen LogP contribution in [0.5, 0.6) is 0 Å². The first kappa shape index (κ1) is 24.5. The Balaban J connectivity index is 1.54. The first-order valence-electron chi connectivity index (χ1n) is 9.07. The van der Waals surface area contributed by atoms with Gasteiger partial charge in [0.15, 0.2) is 10.8 Å². The third-order valence-corrected chi connectivity index (χ3v) is 6.61. The molecule has 7 N–H and O–H groups in total. The van der Waals surface area contributed by atoms with Crippen LogP contribution in [0.25, 0.3) is 0 Å². The molecule has 0 bridgehead atoms. The molecule has 0 saturated carbocycles. The lowest BCUT2D eigenvalue weighted by Gasteiger charge is -2.35. The quantitative estimate of drug-likeness (QED) is 0.0619. The van der Waals surface area contributed by atoms with Crippen LogP contribution in [0, 0.1) is 5.41 Å². The van der Waals surface area contributed by atoms with Crippen molar-refractivity contribution in [2.75, 3.05) is 25.5 Å². The van der Waals surface area contributed by atoms with Gasteiger partial charge in [-0.3, -0.25) is 19.6 Å². The molecule has 178 valence electrons. The molecule has 0 unspecified atom stereocenters. The summed E-state index contributed by atoms with van der Waals surface area (Å²) in [7, 11) is -4.68. The third kappa shape index (κ3) is 6.23. The number of oxime groups is 1. The van der Waals surface area contributed by atoms with Gasteiger partial charge in [0.1, 0.15) is 24.2 Å². The number of amidine groups is 1. The Morgan fingerprint density at radius 1 is 1.39 bits per heavy atom. The highest BCUT2D eigenvalue weighted by molar-refractivity contribution is 7.84. The number of carbonyl (C=O) groups excluding carboxylic acids is 2. The van der Waals surface area contributed by atoms with Crippen LogP contribution in [0.4, 0.5) is 5.13 Å². The Labute approximate surface area is 195 Å². The number of hydrogen-bond donors (Lipinski definition) is 5. The predicted octanol–water partition coefficient (Wildman–Crippen LogP) is -0.862. The third-order valence-electron chi connectivity index (χ3n) is 4.14. The van der Waals surface area contributed by atoms with Crippen LogP contribution in [0.15, 0.2) is 22.0 Å². The summed E-state index contributed by atoms with van der Waals surface area (Å²) in [5, 5.41) is 16.8. The zero-order valence-corrected chi connectivity index (χ0v) is 19.2. The SMILES string of the molecule is N=C(N)c1csc(COCCO/N=C(\C(=O)N[C@H]2CN(S(=O)(=O)O)C2=O)c2csc(N)n2)c1. The summed E-state index contributed by atoms with van der Waals surface area (Å²) >= 11 is 2.45. The fourth-order valence-electron chi connectivity index (χ4n) is 2.51. The molecule has 0 aliphatic carbocycles. The number of anilines is 1. The molecule has 1 aliphatic rings. The molecule has 1 aliphatic heterocycles. The Hall–Kier alpha value is -3.12. The lowest BCUT2D eigenvalue weighted by molar-refractivity contribution is -0.139. The Bertz CT molecular complexity index is 1190. The van der Waals surface area contributed by atoms with Gasteiger partial charge in [-0.05, 0) is 6.07 Å². The zero-order chi connectivity index (χ0) is 24.2. The summed E-state index contributed by atoms with van der Waals surface area (Å²) in [5.41, 5.74) is 11.5. The van der Waals surface area contributed by atoms with Crippen molar-refractivity contribution in [1.82, 2.24) is 14.6 Å². The number of thiophene rings is 1. The largest absolute Gasteiger partial charge is 0.393 e. The minimum absolute atomic E-state index is 0.0137. The van der Waals surface area contributed by atoms with Crippen LogP contribution < -0.4 is 16.8 Å². The van der Waals surface area contributed by atoms with Gasteiger partial charge in [0.05, 0.1) is 19.8 Å². The number of aromatic nitrogens is 1. The van der Waals surface area contributed by atoms with Gasteiger partial charge in [0.2, 0.25) is 0 Å². The second kappa shape index (κ2) is 10.2. The minimum Gasteiger partial charge on any atom is -0.393 e. The molecule has 14 nitrogen and oxygen atoms in total. The van der Waals surface area contributed by atoms with E-state index in [0.29, 0.717) is 5.56 Å². The molecule has 3 rings (SSSR count). The predicted molar refractivity (Wildman–Crippen MR) is 119 cm³/mol.